The van der Waals surface area contributed by atoms with E-state index in [9.17, 15) is 9.59 Å². The lowest BCUT2D eigenvalue weighted by Crippen LogP contribution is -2.47. The molecule has 1 aromatic heterocycles. The molecular formula is C34H33N3O3. The number of hydrogen-bond acceptors (Lipinski definition) is 5. The van der Waals surface area contributed by atoms with Crippen molar-refractivity contribution in [3.05, 3.63) is 119 Å². The van der Waals surface area contributed by atoms with Gasteiger partial charge in [0.15, 0.2) is 5.76 Å². The highest BCUT2D eigenvalue weighted by atomic mass is 16.3. The number of Topliss-reactive ketones (excluding diaryl/α,β-unsaturated/α-hetero) is 1. The first-order chi connectivity index (χ1) is 19.5. The lowest BCUT2D eigenvalue weighted by atomic mass is 9.89. The van der Waals surface area contributed by atoms with Crippen LogP contribution in [0.2, 0.25) is 0 Å². The third-order valence-electron chi connectivity index (χ3n) is 7.83. The Balaban J connectivity index is 1.19. The summed E-state index contributed by atoms with van der Waals surface area (Å²) in [5.41, 5.74) is 8.27. The predicted octanol–water partition coefficient (Wildman–Crippen LogP) is 6.05. The van der Waals surface area contributed by atoms with E-state index in [1.807, 2.05) is 30.3 Å². The van der Waals surface area contributed by atoms with E-state index >= 15 is 0 Å². The second-order valence-corrected chi connectivity index (χ2v) is 10.6. The molecule has 0 radical (unpaired) electrons. The van der Waals surface area contributed by atoms with Gasteiger partial charge in [-0.1, -0.05) is 54.1 Å². The first-order valence-electron chi connectivity index (χ1n) is 13.9. The molecule has 1 aliphatic heterocycles. The standard InChI is InChI=1S/C34H33N3O3/c1-23-4-6-24(7-5-23)27-10-8-25-9-11-28(22-29(25)21-27)34(39)36-30-14-12-26(13-15-30)32(37-18-16-35-17-19-37)33(38)31-3-2-20-40-31/h2-8,10,12-15,20-22,32,35H,9,11,16-19H2,1H3,(H,36,39). The van der Waals surface area contributed by atoms with Gasteiger partial charge in [0.05, 0.1) is 6.26 Å². The number of amides is 1. The summed E-state index contributed by atoms with van der Waals surface area (Å²) in [7, 11) is 0. The van der Waals surface area contributed by atoms with Crippen molar-refractivity contribution in [1.29, 1.82) is 0 Å². The van der Waals surface area contributed by atoms with Crippen LogP contribution in [-0.4, -0.2) is 42.8 Å². The Morgan fingerprint density at radius 1 is 0.900 bits per heavy atom. The third kappa shape index (κ3) is 5.55. The van der Waals surface area contributed by atoms with Crippen LogP contribution in [0.25, 0.3) is 17.2 Å². The first-order valence-corrected chi connectivity index (χ1v) is 13.9. The molecule has 202 valence electrons. The highest BCUT2D eigenvalue weighted by molar-refractivity contribution is 6.07. The number of rotatable bonds is 7. The van der Waals surface area contributed by atoms with E-state index < -0.39 is 6.04 Å². The van der Waals surface area contributed by atoms with Crippen LogP contribution in [0.15, 0.2) is 95.1 Å². The molecule has 2 aliphatic rings. The quantitative estimate of drug-likeness (QED) is 0.284. The van der Waals surface area contributed by atoms with E-state index in [-0.39, 0.29) is 11.7 Å². The minimum absolute atomic E-state index is 0.0558. The second-order valence-electron chi connectivity index (χ2n) is 10.6. The summed E-state index contributed by atoms with van der Waals surface area (Å²) in [5.74, 6) is 0.208. The second kappa shape index (κ2) is 11.5. The van der Waals surface area contributed by atoms with Crippen molar-refractivity contribution >= 4 is 23.5 Å². The first kappa shape index (κ1) is 26.0. The number of nitrogens with zero attached hydrogens (tertiary/aromatic N) is 1. The summed E-state index contributed by atoms with van der Waals surface area (Å²) >= 11 is 0. The van der Waals surface area contributed by atoms with Crippen molar-refractivity contribution in [2.75, 3.05) is 31.5 Å². The number of hydrogen-bond donors (Lipinski definition) is 2. The smallest absolute Gasteiger partial charge is 0.251 e. The Morgan fingerprint density at radius 2 is 1.65 bits per heavy atom. The molecule has 40 heavy (non-hydrogen) atoms. The van der Waals surface area contributed by atoms with Gasteiger partial charge in [0, 0.05) is 37.4 Å². The Bertz CT molecular complexity index is 1530. The highest BCUT2D eigenvalue weighted by Gasteiger charge is 2.31. The van der Waals surface area contributed by atoms with E-state index in [1.165, 1.54) is 23.0 Å². The zero-order valence-corrected chi connectivity index (χ0v) is 22.7. The van der Waals surface area contributed by atoms with Gasteiger partial charge in [0.1, 0.15) is 6.04 Å². The maximum atomic E-state index is 13.4. The van der Waals surface area contributed by atoms with Gasteiger partial charge in [-0.25, -0.2) is 0 Å². The topological polar surface area (TPSA) is 74.6 Å². The van der Waals surface area contributed by atoms with Gasteiger partial charge in [-0.2, -0.15) is 0 Å². The van der Waals surface area contributed by atoms with Crippen LogP contribution in [0.5, 0.6) is 0 Å². The molecule has 2 N–H and O–H groups in total. The van der Waals surface area contributed by atoms with Crippen molar-refractivity contribution in [3.63, 3.8) is 0 Å². The van der Waals surface area contributed by atoms with Crippen LogP contribution < -0.4 is 10.6 Å². The van der Waals surface area contributed by atoms with Gasteiger partial charge in [-0.3, -0.25) is 14.5 Å². The SMILES string of the molecule is Cc1ccc(-c2ccc3c(c2)C=C(C(=O)Nc2ccc(C(C(=O)c4ccco4)N4CCNCC4)cc2)CC3)cc1. The fraction of sp³-hybridized carbons (Fsp3) is 0.235. The maximum Gasteiger partial charge on any atom is 0.251 e. The van der Waals surface area contributed by atoms with Crippen LogP contribution in [0, 0.1) is 6.92 Å². The van der Waals surface area contributed by atoms with Gasteiger partial charge < -0.3 is 15.1 Å². The average molecular weight is 532 g/mol. The van der Waals surface area contributed by atoms with Crippen molar-refractivity contribution in [3.8, 4) is 11.1 Å². The fourth-order valence-electron chi connectivity index (χ4n) is 5.57. The van der Waals surface area contributed by atoms with Gasteiger partial charge in [0.25, 0.3) is 5.91 Å². The molecule has 1 amide bonds. The molecule has 0 saturated carbocycles. The third-order valence-corrected chi connectivity index (χ3v) is 7.83. The minimum Gasteiger partial charge on any atom is -0.461 e. The van der Waals surface area contributed by atoms with E-state index in [1.54, 1.807) is 12.1 Å². The lowest BCUT2D eigenvalue weighted by Gasteiger charge is -2.34. The Morgan fingerprint density at radius 3 is 2.38 bits per heavy atom. The van der Waals surface area contributed by atoms with Crippen LogP contribution >= 0.6 is 0 Å². The van der Waals surface area contributed by atoms with Gasteiger partial charge in [-0.15, -0.1) is 0 Å². The van der Waals surface area contributed by atoms with Crippen molar-refractivity contribution < 1.29 is 14.0 Å². The number of piperazine rings is 1. The normalized spacial score (nSPS) is 16.1. The predicted molar refractivity (Wildman–Crippen MR) is 158 cm³/mol. The van der Waals surface area contributed by atoms with Gasteiger partial charge in [-0.05, 0) is 84.0 Å². The van der Waals surface area contributed by atoms with Crippen LogP contribution in [0.3, 0.4) is 0 Å². The summed E-state index contributed by atoms with van der Waals surface area (Å²) in [4.78, 5) is 28.8. The maximum absolute atomic E-state index is 13.4. The Kier molecular flexibility index (Phi) is 7.45. The zero-order chi connectivity index (χ0) is 27.5. The molecule has 0 spiro atoms. The van der Waals surface area contributed by atoms with E-state index in [2.05, 4.69) is 64.9 Å². The number of anilines is 1. The van der Waals surface area contributed by atoms with E-state index in [0.29, 0.717) is 17.9 Å². The van der Waals surface area contributed by atoms with Gasteiger partial charge >= 0.3 is 0 Å². The molecule has 2 heterocycles. The van der Waals surface area contributed by atoms with Crippen LogP contribution in [-0.2, 0) is 11.2 Å². The summed E-state index contributed by atoms with van der Waals surface area (Å²) < 4.78 is 5.44. The van der Waals surface area contributed by atoms with Crippen molar-refractivity contribution in [2.24, 2.45) is 0 Å². The number of carbonyl (C=O) groups excluding carboxylic acids is 2. The van der Waals surface area contributed by atoms with E-state index in [4.69, 9.17) is 4.42 Å². The number of fused-ring (bicyclic) bond motifs is 1. The molecule has 4 aromatic rings. The monoisotopic (exact) mass is 531 g/mol. The number of nitrogens with one attached hydrogen (secondary N) is 2. The average Bonchev–Trinajstić information content (AvgIpc) is 3.54. The minimum atomic E-state index is -0.432. The Labute approximate surface area is 234 Å². The summed E-state index contributed by atoms with van der Waals surface area (Å²) in [5, 5.41) is 6.41. The molecule has 1 atom stereocenters. The molecule has 6 heteroatoms. The van der Waals surface area contributed by atoms with E-state index in [0.717, 1.165) is 54.9 Å². The van der Waals surface area contributed by atoms with Gasteiger partial charge in [0.2, 0.25) is 5.78 Å². The van der Waals surface area contributed by atoms with Crippen LogP contribution in [0.1, 0.15) is 45.3 Å². The number of benzene rings is 3. The molecule has 1 aliphatic carbocycles. The van der Waals surface area contributed by atoms with Crippen molar-refractivity contribution in [1.82, 2.24) is 10.2 Å². The highest BCUT2D eigenvalue weighted by Crippen LogP contribution is 2.31. The Hall–Kier alpha value is -4.26. The summed E-state index contributed by atoms with van der Waals surface area (Å²) in [6.45, 7) is 5.30. The number of furan rings is 1. The van der Waals surface area contributed by atoms with Crippen LogP contribution in [0.4, 0.5) is 5.69 Å². The lowest BCUT2D eigenvalue weighted by molar-refractivity contribution is -0.112. The molecule has 1 unspecified atom stereocenters. The zero-order valence-electron chi connectivity index (χ0n) is 22.7. The number of carbonyl (C=O) groups is 2. The number of ketones is 1. The molecular weight excluding hydrogens is 498 g/mol. The molecule has 6 nitrogen and oxygen atoms in total. The van der Waals surface area contributed by atoms with Crippen molar-refractivity contribution in [2.45, 2.75) is 25.8 Å². The molecule has 0 bridgehead atoms. The molecule has 6 rings (SSSR count). The molecule has 3 aromatic carbocycles. The number of aryl methyl sites for hydroxylation is 2. The summed E-state index contributed by atoms with van der Waals surface area (Å²) in [6.07, 6.45) is 5.08. The largest absolute Gasteiger partial charge is 0.461 e. The molecule has 1 fully saturated rings. The fourth-order valence-corrected chi connectivity index (χ4v) is 5.57. The molecule has 1 saturated heterocycles. The summed E-state index contributed by atoms with van der Waals surface area (Å²) in [6, 6.07) is 25.7.